The number of carbonyl (C=O) groups excluding carboxylic acids is 1. The summed E-state index contributed by atoms with van der Waals surface area (Å²) in [6.45, 7) is 2.08. The number of anilines is 1. The van der Waals surface area contributed by atoms with E-state index in [1.54, 1.807) is 0 Å². The van der Waals surface area contributed by atoms with Crippen molar-refractivity contribution in [2.45, 2.75) is 38.6 Å². The van der Waals surface area contributed by atoms with E-state index in [9.17, 15) is 20.2 Å². The van der Waals surface area contributed by atoms with Gasteiger partial charge in [0.2, 0.25) is 0 Å². The lowest BCUT2D eigenvalue weighted by Crippen LogP contribution is -2.33. The Kier molecular flexibility index (Phi) is 5.66. The maximum Gasteiger partial charge on any atom is 0.289 e. The van der Waals surface area contributed by atoms with Crippen molar-refractivity contribution in [2.24, 2.45) is 17.8 Å². The number of halogens is 1. The third kappa shape index (κ3) is 4.22. The van der Waals surface area contributed by atoms with Gasteiger partial charge in [-0.25, -0.2) is 0 Å². The summed E-state index contributed by atoms with van der Waals surface area (Å²) in [5, 5.41) is 25.9. The van der Waals surface area contributed by atoms with Gasteiger partial charge in [0.25, 0.3) is 11.6 Å². The molecule has 2 bridgehead atoms. The number of nitro benzene ring substituents is 1. The van der Waals surface area contributed by atoms with E-state index in [0.717, 1.165) is 11.8 Å². The standard InChI is InChI=1S/C19H21ClN4O3/c1-11(16-7-12-2-3-13(16)6-12)22-10-14(9-21)19(25)23-15-4-5-17(20)18(8-15)24(26)27/h4-5,8,10-13,16,22H,2-3,6-7H2,1H3,(H,23,25)/b14-10-. The average molecular weight is 389 g/mol. The number of nitrogens with zero attached hydrogens (tertiary/aromatic N) is 2. The topological polar surface area (TPSA) is 108 Å². The molecule has 27 heavy (non-hydrogen) atoms. The first-order valence-corrected chi connectivity index (χ1v) is 9.38. The molecule has 4 unspecified atom stereocenters. The van der Waals surface area contributed by atoms with Crippen LogP contribution in [0.4, 0.5) is 11.4 Å². The van der Waals surface area contributed by atoms with Gasteiger partial charge in [-0.2, -0.15) is 5.26 Å². The minimum Gasteiger partial charge on any atom is -0.387 e. The fourth-order valence-corrected chi connectivity index (χ4v) is 4.51. The molecule has 3 rings (SSSR count). The van der Waals surface area contributed by atoms with Crippen molar-refractivity contribution in [1.82, 2.24) is 5.32 Å². The summed E-state index contributed by atoms with van der Waals surface area (Å²) in [7, 11) is 0. The van der Waals surface area contributed by atoms with Gasteiger partial charge in [-0.3, -0.25) is 14.9 Å². The van der Waals surface area contributed by atoms with Crippen LogP contribution < -0.4 is 10.6 Å². The largest absolute Gasteiger partial charge is 0.387 e. The molecule has 0 spiro atoms. The quantitative estimate of drug-likeness (QED) is 0.331. The zero-order valence-electron chi connectivity index (χ0n) is 14.9. The maximum absolute atomic E-state index is 12.3. The molecule has 142 valence electrons. The van der Waals surface area contributed by atoms with Gasteiger partial charge in [0, 0.05) is 24.0 Å². The number of amides is 1. The van der Waals surface area contributed by atoms with Gasteiger partial charge in [0.1, 0.15) is 16.7 Å². The second-order valence-electron chi connectivity index (χ2n) is 7.34. The van der Waals surface area contributed by atoms with Crippen molar-refractivity contribution in [3.63, 3.8) is 0 Å². The van der Waals surface area contributed by atoms with E-state index in [1.807, 2.05) is 6.07 Å². The van der Waals surface area contributed by atoms with Crippen molar-refractivity contribution >= 4 is 28.9 Å². The van der Waals surface area contributed by atoms with E-state index >= 15 is 0 Å². The molecule has 2 fully saturated rings. The molecular weight excluding hydrogens is 368 g/mol. The third-order valence-electron chi connectivity index (χ3n) is 5.69. The number of rotatable bonds is 6. The highest BCUT2D eigenvalue weighted by Crippen LogP contribution is 2.49. The van der Waals surface area contributed by atoms with Crippen LogP contribution in [-0.4, -0.2) is 16.9 Å². The van der Waals surface area contributed by atoms with Gasteiger partial charge in [0.05, 0.1) is 4.92 Å². The van der Waals surface area contributed by atoms with Crippen LogP contribution in [0.15, 0.2) is 30.0 Å². The van der Waals surface area contributed by atoms with E-state index < -0.39 is 10.8 Å². The number of fused-ring (bicyclic) bond motifs is 2. The van der Waals surface area contributed by atoms with Crippen molar-refractivity contribution in [3.8, 4) is 6.07 Å². The predicted octanol–water partition coefficient (Wildman–Crippen LogP) is 4.01. The molecule has 0 saturated heterocycles. The molecule has 2 N–H and O–H groups in total. The molecule has 7 nitrogen and oxygen atoms in total. The molecule has 0 aromatic heterocycles. The van der Waals surface area contributed by atoms with E-state index in [2.05, 4.69) is 17.6 Å². The first-order valence-electron chi connectivity index (χ1n) is 9.00. The minimum atomic E-state index is -0.627. The number of nitriles is 1. The average Bonchev–Trinajstić information content (AvgIpc) is 3.27. The van der Waals surface area contributed by atoms with Gasteiger partial charge in [0.15, 0.2) is 0 Å². The molecule has 1 aromatic carbocycles. The summed E-state index contributed by atoms with van der Waals surface area (Å²) in [6.07, 6.45) is 6.53. The van der Waals surface area contributed by atoms with Gasteiger partial charge in [-0.15, -0.1) is 0 Å². The van der Waals surface area contributed by atoms with Gasteiger partial charge < -0.3 is 10.6 Å². The molecule has 0 aliphatic heterocycles. The Balaban J connectivity index is 1.64. The first-order chi connectivity index (χ1) is 12.9. The first kappa shape index (κ1) is 19.2. The highest BCUT2D eigenvalue weighted by molar-refractivity contribution is 6.32. The Morgan fingerprint density at radius 1 is 1.44 bits per heavy atom. The molecule has 2 aliphatic rings. The SMILES string of the molecule is CC(N/C=C(/C#N)C(=O)Nc1ccc(Cl)c([N+](=O)[O-])c1)C1CC2CCC1C2. The highest BCUT2D eigenvalue weighted by Gasteiger charge is 2.41. The Hall–Kier alpha value is -2.59. The lowest BCUT2D eigenvalue weighted by molar-refractivity contribution is -0.384. The predicted molar refractivity (Wildman–Crippen MR) is 102 cm³/mol. The Morgan fingerprint density at radius 2 is 2.22 bits per heavy atom. The molecule has 0 radical (unpaired) electrons. The molecule has 1 aromatic rings. The molecule has 0 heterocycles. The summed E-state index contributed by atoms with van der Waals surface area (Å²) < 4.78 is 0. The van der Waals surface area contributed by atoms with Crippen LogP contribution in [0, 0.1) is 39.2 Å². The summed E-state index contributed by atoms with van der Waals surface area (Å²) in [5.41, 5.74) is -0.180. The summed E-state index contributed by atoms with van der Waals surface area (Å²) in [5.74, 6) is 1.51. The lowest BCUT2D eigenvalue weighted by atomic mass is 9.84. The smallest absolute Gasteiger partial charge is 0.289 e. The van der Waals surface area contributed by atoms with Crippen LogP contribution in [0.1, 0.15) is 32.6 Å². The minimum absolute atomic E-state index is 0.0181. The Morgan fingerprint density at radius 3 is 2.81 bits per heavy atom. The fraction of sp³-hybridized carbons (Fsp3) is 0.474. The third-order valence-corrected chi connectivity index (χ3v) is 6.01. The number of benzene rings is 1. The summed E-state index contributed by atoms with van der Waals surface area (Å²) >= 11 is 5.76. The van der Waals surface area contributed by atoms with Gasteiger partial charge in [-0.1, -0.05) is 18.0 Å². The maximum atomic E-state index is 12.3. The van der Waals surface area contributed by atoms with Crippen LogP contribution in [-0.2, 0) is 4.79 Å². The molecule has 1 amide bonds. The second kappa shape index (κ2) is 7.97. The van der Waals surface area contributed by atoms with E-state index in [-0.39, 0.29) is 28.0 Å². The lowest BCUT2D eigenvalue weighted by Gasteiger charge is -2.28. The van der Waals surface area contributed by atoms with E-state index in [1.165, 1.54) is 50.1 Å². The zero-order chi connectivity index (χ0) is 19.6. The number of hydrogen-bond donors (Lipinski definition) is 2. The molecule has 2 saturated carbocycles. The molecule has 4 atom stereocenters. The number of nitro groups is 1. The van der Waals surface area contributed by atoms with E-state index in [0.29, 0.717) is 5.92 Å². The van der Waals surface area contributed by atoms with Crippen LogP contribution in [0.5, 0.6) is 0 Å². The van der Waals surface area contributed by atoms with Crippen LogP contribution >= 0.6 is 11.6 Å². The zero-order valence-corrected chi connectivity index (χ0v) is 15.7. The van der Waals surface area contributed by atoms with Crippen LogP contribution in [0.25, 0.3) is 0 Å². The Bertz CT molecular complexity index is 833. The van der Waals surface area contributed by atoms with Crippen LogP contribution in [0.2, 0.25) is 5.02 Å². The fourth-order valence-electron chi connectivity index (χ4n) is 4.32. The second-order valence-corrected chi connectivity index (χ2v) is 7.75. The van der Waals surface area contributed by atoms with Gasteiger partial charge in [-0.05, 0) is 56.1 Å². The molecular formula is C19H21ClN4O3. The Labute approximate surface area is 162 Å². The number of carbonyl (C=O) groups is 1. The van der Waals surface area contributed by atoms with Gasteiger partial charge >= 0.3 is 0 Å². The van der Waals surface area contributed by atoms with Crippen molar-refractivity contribution < 1.29 is 9.72 Å². The van der Waals surface area contributed by atoms with Crippen LogP contribution in [0.3, 0.4) is 0 Å². The normalized spacial score (nSPS) is 24.9. The number of nitrogens with one attached hydrogen (secondary N) is 2. The van der Waals surface area contributed by atoms with Crippen molar-refractivity contribution in [3.05, 3.63) is 45.1 Å². The van der Waals surface area contributed by atoms with Crippen molar-refractivity contribution in [2.75, 3.05) is 5.32 Å². The van der Waals surface area contributed by atoms with Crippen molar-refractivity contribution in [1.29, 1.82) is 5.26 Å². The van der Waals surface area contributed by atoms with E-state index in [4.69, 9.17) is 11.6 Å². The monoisotopic (exact) mass is 388 g/mol. The number of hydrogen-bond acceptors (Lipinski definition) is 5. The summed E-state index contributed by atoms with van der Waals surface area (Å²) in [6, 6.07) is 6.02. The molecule has 2 aliphatic carbocycles. The highest BCUT2D eigenvalue weighted by atomic mass is 35.5. The summed E-state index contributed by atoms with van der Waals surface area (Å²) in [4.78, 5) is 22.6. The molecule has 8 heteroatoms.